The first-order chi connectivity index (χ1) is 11.4. The molecule has 0 fully saturated rings. The van der Waals surface area contributed by atoms with Crippen molar-refractivity contribution in [1.82, 2.24) is 0 Å². The van der Waals surface area contributed by atoms with Crippen LogP contribution in [0.25, 0.3) is 0 Å². The summed E-state index contributed by atoms with van der Waals surface area (Å²) in [6, 6.07) is 0. The van der Waals surface area contributed by atoms with Gasteiger partial charge in [0.1, 0.15) is 0 Å². The molecule has 0 saturated carbocycles. The average molecular weight is 1110 g/mol. The van der Waals surface area contributed by atoms with Gasteiger partial charge < -0.3 is 0 Å². The number of hydrogen-bond donors (Lipinski definition) is 15. The zero-order valence-corrected chi connectivity index (χ0v) is 30.8. The van der Waals surface area contributed by atoms with E-state index in [1.54, 1.807) is 8.46 Å². The van der Waals surface area contributed by atoms with E-state index in [-0.39, 0.29) is 0 Å². The molecule has 15 N–H and O–H groups in total. The molecule has 28 heavy (non-hydrogen) atoms. The second kappa shape index (κ2) is 24.0. The van der Waals surface area contributed by atoms with Crippen molar-refractivity contribution in [3.63, 3.8) is 0 Å². The summed E-state index contributed by atoms with van der Waals surface area (Å²) in [5.74, 6) is 0. The van der Waals surface area contributed by atoms with Gasteiger partial charge in [-0.3, -0.25) is 0 Å². The van der Waals surface area contributed by atoms with Gasteiger partial charge in [-0.2, -0.15) is 0 Å². The van der Waals surface area contributed by atoms with Crippen LogP contribution in [0, 0.1) is 0 Å². The van der Waals surface area contributed by atoms with Gasteiger partial charge in [0.15, 0.2) is 0 Å². The Balaban J connectivity index is -0.0000000522. The summed E-state index contributed by atoms with van der Waals surface area (Å²) in [7, 11) is 20.1. The molecule has 0 spiro atoms. The Morgan fingerprint density at radius 2 is 0.357 bits per heavy atom. The molecule has 0 aliphatic rings. The van der Waals surface area contributed by atoms with Crippen LogP contribution < -0.4 is 0 Å². The van der Waals surface area contributed by atoms with Gasteiger partial charge in [-0.1, -0.05) is 0 Å². The Bertz CT molecular complexity index is 412. The molecule has 28 heteroatoms. The van der Waals surface area contributed by atoms with Gasteiger partial charge in [-0.25, -0.2) is 0 Å². The van der Waals surface area contributed by atoms with Crippen LogP contribution in [0.5, 0.6) is 0 Å². The zero-order valence-electron chi connectivity index (χ0n) is 12.0. The van der Waals surface area contributed by atoms with Crippen LogP contribution in [-0.2, 0) is 8.46 Å². The summed E-state index contributed by atoms with van der Waals surface area (Å²) < 4.78 is 114. The molecule has 0 aliphatic heterocycles. The van der Waals surface area contributed by atoms with Gasteiger partial charge in [0.2, 0.25) is 0 Å². The standard InChI is InChI=1S/5AsH3O3S.Cu.2HI/c5*2-1(3,4)5;;;/h5*(H3,2,3,4,5);;2*1H/q;;;;;+2;;/p-2. The summed E-state index contributed by atoms with van der Waals surface area (Å²) in [5.41, 5.74) is 0. The first-order valence-electron chi connectivity index (χ1n) is 4.14. The quantitative estimate of drug-likeness (QED) is 0.0797. The second-order valence-corrected chi connectivity index (χ2v) is 34.1. The van der Waals surface area contributed by atoms with Crippen LogP contribution in [0.2, 0.25) is 0 Å². The van der Waals surface area contributed by atoms with E-state index in [9.17, 15) is 0 Å². The van der Waals surface area contributed by atoms with Crippen LogP contribution in [0.1, 0.15) is 0 Å². The number of rotatable bonds is 0. The fourth-order valence-electron chi connectivity index (χ4n) is 0. The van der Waals surface area contributed by atoms with E-state index in [2.05, 4.69) is 92.7 Å². The van der Waals surface area contributed by atoms with Crippen molar-refractivity contribution in [2.45, 2.75) is 0 Å². The van der Waals surface area contributed by atoms with Crippen molar-refractivity contribution in [2.24, 2.45) is 0 Å². The van der Waals surface area contributed by atoms with Crippen molar-refractivity contribution in [3.8, 4) is 0 Å². The van der Waals surface area contributed by atoms with Crippen molar-refractivity contribution >= 4 is 157 Å². The van der Waals surface area contributed by atoms with Gasteiger partial charge in [-0.05, 0) is 0 Å². The van der Waals surface area contributed by atoms with E-state index in [4.69, 9.17) is 61.4 Å². The molecule has 185 valence electrons. The van der Waals surface area contributed by atoms with Gasteiger partial charge in [0.05, 0.1) is 0 Å². The molecule has 0 aliphatic carbocycles. The fraction of sp³-hybridized carbons (Fsp3) is 0. The topological polar surface area (TPSA) is 303 Å². The molecular formula is H15As5CuI2O15S5. The van der Waals surface area contributed by atoms with Gasteiger partial charge >= 0.3 is 227 Å². The minimum atomic E-state index is -4.29. The van der Waals surface area contributed by atoms with E-state index < -0.39 is 64.5 Å². The predicted octanol–water partition coefficient (Wildman–Crippen LogP) is -5.25. The molecule has 0 unspecified atom stereocenters. The molecule has 0 atom stereocenters. The molecule has 15 nitrogen and oxygen atoms in total. The molecular weight excluding hydrogens is 1090 g/mol. The first-order valence-corrected chi connectivity index (χ1v) is 36.1. The van der Waals surface area contributed by atoms with E-state index in [1.807, 2.05) is 0 Å². The SMILES string of the molecule is O[As](O)(O)=S.O[As](O)(O)=S.O[As](O)(O)=S.O[As](O)(O)=S.O[As](O)(O)=S.[I][Cu][I]. The van der Waals surface area contributed by atoms with E-state index >= 15 is 0 Å². The Labute approximate surface area is 222 Å². The molecule has 0 saturated heterocycles. The molecule has 0 aromatic heterocycles. The summed E-state index contributed by atoms with van der Waals surface area (Å²) >= 11 is -17.1. The Hall–Kier alpha value is 5.27. The van der Waals surface area contributed by atoms with Gasteiger partial charge in [-0.15, -0.1) is 0 Å². The Kier molecular flexibility index (Phi) is 39.9. The third-order valence-electron chi connectivity index (χ3n) is 0. The number of halogens is 2. The first kappa shape index (κ1) is 46.6. The summed E-state index contributed by atoms with van der Waals surface area (Å²) in [6.45, 7) is 0. The molecule has 0 radical (unpaired) electrons. The average Bonchev–Trinajstić information content (AvgIpc) is 2.00. The van der Waals surface area contributed by atoms with E-state index in [0.717, 1.165) is 0 Å². The molecule has 0 aromatic carbocycles. The van der Waals surface area contributed by atoms with Gasteiger partial charge in [0, 0.05) is 0 Å². The molecule has 0 aromatic rings. The van der Waals surface area contributed by atoms with E-state index in [1.165, 1.54) is 0 Å². The fourth-order valence-corrected chi connectivity index (χ4v) is 0. The van der Waals surface area contributed by atoms with Crippen molar-refractivity contribution in [2.75, 3.05) is 0 Å². The maximum absolute atomic E-state index is 7.62. The van der Waals surface area contributed by atoms with Crippen molar-refractivity contribution in [3.05, 3.63) is 0 Å². The van der Waals surface area contributed by atoms with Crippen LogP contribution in [0.3, 0.4) is 0 Å². The Morgan fingerprint density at radius 1 is 0.357 bits per heavy atom. The molecule has 0 heterocycles. The van der Waals surface area contributed by atoms with Crippen molar-refractivity contribution < 1.29 is 69.9 Å². The van der Waals surface area contributed by atoms with E-state index in [0.29, 0.717) is 0 Å². The summed E-state index contributed by atoms with van der Waals surface area (Å²) in [6.07, 6.45) is 0. The summed E-state index contributed by atoms with van der Waals surface area (Å²) in [4.78, 5) is 0. The van der Waals surface area contributed by atoms with Crippen LogP contribution in [-0.4, -0.2) is 126 Å². The van der Waals surface area contributed by atoms with Crippen LogP contribution in [0.15, 0.2) is 0 Å². The van der Waals surface area contributed by atoms with Crippen molar-refractivity contribution in [1.29, 1.82) is 0 Å². The minimum absolute atomic E-state index is 1.75. The second-order valence-electron chi connectivity index (χ2n) is 2.61. The monoisotopic (exact) mass is 1110 g/mol. The zero-order chi connectivity index (χ0) is 25.2. The van der Waals surface area contributed by atoms with Gasteiger partial charge in [0.25, 0.3) is 0 Å². The normalized spacial score (nSPS) is 11.3. The Morgan fingerprint density at radius 3 is 0.357 bits per heavy atom. The maximum atomic E-state index is 7.62. The summed E-state index contributed by atoms with van der Waals surface area (Å²) in [5, 5.41) is 0. The third kappa shape index (κ3) is 1030. The number of hydrogen-bond acceptors (Lipinski definition) is 5. The third-order valence-corrected chi connectivity index (χ3v) is 0. The molecule has 0 rings (SSSR count). The predicted molar refractivity (Wildman–Crippen MR) is 128 cm³/mol. The van der Waals surface area contributed by atoms with Crippen LogP contribution >= 0.6 is 92.7 Å². The molecule has 0 bridgehead atoms. The molecule has 0 amide bonds. The van der Waals surface area contributed by atoms with Crippen LogP contribution in [0.4, 0.5) is 0 Å².